The maximum Gasteiger partial charge on any atom is 0.486 e. The van der Waals surface area contributed by atoms with E-state index in [4.69, 9.17) is 18.8 Å². The van der Waals surface area contributed by atoms with Crippen molar-refractivity contribution in [1.82, 2.24) is 0 Å². The van der Waals surface area contributed by atoms with Crippen molar-refractivity contribution in [3.8, 4) is 0 Å². The first-order valence-electron chi connectivity index (χ1n) is 7.97. The highest BCUT2D eigenvalue weighted by Gasteiger charge is 2.49. The van der Waals surface area contributed by atoms with Gasteiger partial charge < -0.3 is 18.8 Å². The van der Waals surface area contributed by atoms with Crippen molar-refractivity contribution in [1.29, 1.82) is 0 Å². The van der Waals surface area contributed by atoms with E-state index in [1.165, 1.54) is 0 Å². The third kappa shape index (κ3) is 5.74. The predicted molar refractivity (Wildman–Crippen MR) is 86.5 cm³/mol. The van der Waals surface area contributed by atoms with E-state index in [0.29, 0.717) is 19.6 Å². The summed E-state index contributed by atoms with van der Waals surface area (Å²) >= 11 is 0. The molecule has 1 unspecified atom stereocenters. The molecule has 0 aliphatic carbocycles. The largest absolute Gasteiger partial charge is 0.486 e. The van der Waals surface area contributed by atoms with Gasteiger partial charge in [0.15, 0.2) is 0 Å². The summed E-state index contributed by atoms with van der Waals surface area (Å²) in [5, 5.41) is 0. The lowest BCUT2D eigenvalue weighted by Crippen LogP contribution is -2.41. The standard InChI is InChI=1S/C16H29BO5/c1-7-19-14(18)10-12-20-13(2)9-8-11-17-21-15(3,4)16(5,6)22-17/h8,11,13H,7,9-10,12H2,1-6H3/b11-8+. The Morgan fingerprint density at radius 1 is 1.23 bits per heavy atom. The molecule has 1 aliphatic rings. The normalized spacial score (nSPS) is 21.3. The van der Waals surface area contributed by atoms with E-state index in [0.717, 1.165) is 6.42 Å². The van der Waals surface area contributed by atoms with Gasteiger partial charge in [0, 0.05) is 0 Å². The fourth-order valence-electron chi connectivity index (χ4n) is 1.99. The maximum absolute atomic E-state index is 11.2. The molecular weight excluding hydrogens is 283 g/mol. The number of carbonyl (C=O) groups excluding carboxylic acids is 1. The number of hydrogen-bond acceptors (Lipinski definition) is 5. The van der Waals surface area contributed by atoms with Crippen LogP contribution in [0.3, 0.4) is 0 Å². The van der Waals surface area contributed by atoms with Gasteiger partial charge in [0.05, 0.1) is 36.9 Å². The van der Waals surface area contributed by atoms with E-state index in [1.807, 2.05) is 46.7 Å². The average molecular weight is 312 g/mol. The first kappa shape index (κ1) is 19.2. The van der Waals surface area contributed by atoms with Crippen LogP contribution in [-0.2, 0) is 23.6 Å². The van der Waals surface area contributed by atoms with Gasteiger partial charge in [-0.2, -0.15) is 0 Å². The van der Waals surface area contributed by atoms with Crippen molar-refractivity contribution in [2.45, 2.75) is 71.7 Å². The molecule has 1 heterocycles. The Morgan fingerprint density at radius 2 is 1.82 bits per heavy atom. The van der Waals surface area contributed by atoms with Crippen molar-refractivity contribution in [3.05, 3.63) is 12.1 Å². The minimum Gasteiger partial charge on any atom is -0.466 e. The Hall–Kier alpha value is -0.845. The second-order valence-electron chi connectivity index (χ2n) is 6.52. The van der Waals surface area contributed by atoms with Gasteiger partial charge in [-0.25, -0.2) is 0 Å². The van der Waals surface area contributed by atoms with Gasteiger partial charge in [0.25, 0.3) is 0 Å². The van der Waals surface area contributed by atoms with Crippen LogP contribution >= 0.6 is 0 Å². The molecule has 0 bridgehead atoms. The van der Waals surface area contributed by atoms with Crippen molar-refractivity contribution in [2.75, 3.05) is 13.2 Å². The van der Waals surface area contributed by atoms with Crippen LogP contribution in [0.25, 0.3) is 0 Å². The lowest BCUT2D eigenvalue weighted by atomic mass is 9.89. The summed E-state index contributed by atoms with van der Waals surface area (Å²) in [4.78, 5) is 11.2. The lowest BCUT2D eigenvalue weighted by Gasteiger charge is -2.32. The molecular formula is C16H29BO5. The fourth-order valence-corrected chi connectivity index (χ4v) is 1.99. The Kier molecular flexibility index (Phi) is 7.10. The molecule has 0 amide bonds. The Morgan fingerprint density at radius 3 is 2.36 bits per heavy atom. The van der Waals surface area contributed by atoms with E-state index < -0.39 is 0 Å². The molecule has 1 aliphatic heterocycles. The van der Waals surface area contributed by atoms with Gasteiger partial charge in [-0.3, -0.25) is 4.79 Å². The highest BCUT2D eigenvalue weighted by molar-refractivity contribution is 6.51. The Labute approximate surface area is 134 Å². The molecule has 1 atom stereocenters. The first-order chi connectivity index (χ1) is 10.2. The van der Waals surface area contributed by atoms with Crippen molar-refractivity contribution in [3.63, 3.8) is 0 Å². The second kappa shape index (κ2) is 8.13. The van der Waals surface area contributed by atoms with E-state index in [1.54, 1.807) is 6.92 Å². The smallest absolute Gasteiger partial charge is 0.466 e. The molecule has 0 saturated carbocycles. The summed E-state index contributed by atoms with van der Waals surface area (Å²) in [5.74, 6) is 1.70. The first-order valence-corrected chi connectivity index (χ1v) is 7.97. The molecule has 1 fully saturated rings. The zero-order valence-corrected chi connectivity index (χ0v) is 14.7. The maximum atomic E-state index is 11.2. The zero-order chi connectivity index (χ0) is 16.8. The summed E-state index contributed by atoms with van der Waals surface area (Å²) in [6.07, 6.45) is 3.07. The minimum absolute atomic E-state index is 0.0353. The molecule has 1 rings (SSSR count). The Balaban J connectivity index is 2.24. The molecule has 0 spiro atoms. The fraction of sp³-hybridized carbons (Fsp3) is 0.812. The van der Waals surface area contributed by atoms with Gasteiger partial charge in [-0.15, -0.1) is 0 Å². The molecule has 0 N–H and O–H groups in total. The Bertz CT molecular complexity index is 376. The van der Waals surface area contributed by atoms with Crippen LogP contribution in [0.5, 0.6) is 0 Å². The van der Waals surface area contributed by atoms with Crippen molar-refractivity contribution >= 4 is 13.1 Å². The molecule has 0 radical (unpaired) electrons. The monoisotopic (exact) mass is 312 g/mol. The molecule has 0 aromatic heterocycles. The van der Waals surface area contributed by atoms with Crippen LogP contribution in [0.15, 0.2) is 12.1 Å². The summed E-state index contributed by atoms with van der Waals surface area (Å²) < 4.78 is 22.2. The van der Waals surface area contributed by atoms with E-state index in [9.17, 15) is 4.79 Å². The third-order valence-electron chi connectivity index (χ3n) is 4.05. The van der Waals surface area contributed by atoms with Crippen molar-refractivity contribution < 1.29 is 23.6 Å². The average Bonchev–Trinajstić information content (AvgIpc) is 2.58. The highest BCUT2D eigenvalue weighted by Crippen LogP contribution is 2.36. The number of hydrogen-bond donors (Lipinski definition) is 0. The summed E-state index contributed by atoms with van der Waals surface area (Å²) in [7, 11) is -0.322. The highest BCUT2D eigenvalue weighted by atomic mass is 16.7. The number of esters is 1. The topological polar surface area (TPSA) is 54.0 Å². The molecule has 6 heteroatoms. The van der Waals surface area contributed by atoms with Gasteiger partial charge in [0.2, 0.25) is 0 Å². The minimum atomic E-state index is -0.322. The number of rotatable bonds is 8. The molecule has 5 nitrogen and oxygen atoms in total. The third-order valence-corrected chi connectivity index (χ3v) is 4.05. The van der Waals surface area contributed by atoms with Crippen LogP contribution in [0.2, 0.25) is 0 Å². The number of ether oxygens (including phenoxy) is 2. The molecule has 0 aromatic rings. The van der Waals surface area contributed by atoms with E-state index in [-0.39, 0.29) is 30.4 Å². The lowest BCUT2D eigenvalue weighted by molar-refractivity contribution is -0.144. The van der Waals surface area contributed by atoms with Crippen LogP contribution in [0.1, 0.15) is 54.4 Å². The number of carbonyl (C=O) groups is 1. The summed E-state index contributed by atoms with van der Waals surface area (Å²) in [6.45, 7) is 12.7. The summed E-state index contributed by atoms with van der Waals surface area (Å²) in [5.41, 5.74) is -0.631. The van der Waals surface area contributed by atoms with E-state index >= 15 is 0 Å². The summed E-state index contributed by atoms with van der Waals surface area (Å²) in [6, 6.07) is 0. The molecule has 1 saturated heterocycles. The predicted octanol–water partition coefficient (Wildman–Crippen LogP) is 2.92. The van der Waals surface area contributed by atoms with Crippen molar-refractivity contribution in [2.24, 2.45) is 0 Å². The quantitative estimate of drug-likeness (QED) is 0.509. The van der Waals surface area contributed by atoms with Crippen LogP contribution in [-0.4, -0.2) is 43.6 Å². The van der Waals surface area contributed by atoms with Gasteiger partial charge in [0.1, 0.15) is 0 Å². The van der Waals surface area contributed by atoms with Crippen LogP contribution in [0, 0.1) is 0 Å². The molecule has 22 heavy (non-hydrogen) atoms. The zero-order valence-electron chi connectivity index (χ0n) is 14.7. The van der Waals surface area contributed by atoms with Gasteiger partial charge in [-0.1, -0.05) is 12.1 Å². The van der Waals surface area contributed by atoms with Gasteiger partial charge >= 0.3 is 13.1 Å². The van der Waals surface area contributed by atoms with Crippen LogP contribution in [0.4, 0.5) is 0 Å². The van der Waals surface area contributed by atoms with Crippen LogP contribution < -0.4 is 0 Å². The SMILES string of the molecule is CCOC(=O)CCOC(C)C/C=C/B1OC(C)(C)C(C)(C)O1. The van der Waals surface area contributed by atoms with E-state index in [2.05, 4.69) is 0 Å². The molecule has 126 valence electrons. The second-order valence-corrected chi connectivity index (χ2v) is 6.52. The molecule has 0 aromatic carbocycles. The van der Waals surface area contributed by atoms with Gasteiger partial charge in [-0.05, 0) is 48.0 Å².